The van der Waals surface area contributed by atoms with Gasteiger partial charge in [-0.2, -0.15) is 0 Å². The number of carbonyl (C=O) groups is 1. The van der Waals surface area contributed by atoms with Gasteiger partial charge in [0.25, 0.3) is 0 Å². The SMILES string of the molecule is CCCCC12C[NH+]3CC(C)(C[NH+](C1)C3c1ccc(F)cc1)C2=O. The number of hydrogen-bond acceptors (Lipinski definition) is 1. The van der Waals surface area contributed by atoms with Crippen molar-refractivity contribution in [3.63, 3.8) is 0 Å². The molecule has 3 nitrogen and oxygen atoms in total. The fourth-order valence-electron chi connectivity index (χ4n) is 5.71. The number of rotatable bonds is 4. The maximum Gasteiger partial charge on any atom is 0.240 e. The summed E-state index contributed by atoms with van der Waals surface area (Å²) in [6.07, 6.45) is 3.70. The van der Waals surface area contributed by atoms with Crippen LogP contribution in [0.3, 0.4) is 0 Å². The Bertz CT molecular complexity index is 611. The maximum absolute atomic E-state index is 13.3. The summed E-state index contributed by atoms with van der Waals surface area (Å²) in [7, 11) is 0. The van der Waals surface area contributed by atoms with Crippen LogP contribution in [0.1, 0.15) is 44.8 Å². The van der Waals surface area contributed by atoms with Crippen LogP contribution in [0.4, 0.5) is 4.39 Å². The van der Waals surface area contributed by atoms with E-state index in [-0.39, 0.29) is 16.6 Å². The lowest BCUT2D eigenvalue weighted by Gasteiger charge is -2.59. The topological polar surface area (TPSA) is 26.0 Å². The van der Waals surface area contributed by atoms with Crippen molar-refractivity contribution < 1.29 is 19.0 Å². The van der Waals surface area contributed by atoms with Crippen molar-refractivity contribution in [2.75, 3.05) is 26.2 Å². The molecule has 1 aromatic carbocycles. The van der Waals surface area contributed by atoms with E-state index in [1.807, 2.05) is 12.1 Å². The highest BCUT2D eigenvalue weighted by molar-refractivity contribution is 5.91. The molecule has 0 saturated carbocycles. The average Bonchev–Trinajstić information content (AvgIpc) is 2.51. The first kappa shape index (κ1) is 15.3. The Labute approximate surface area is 137 Å². The van der Waals surface area contributed by atoms with E-state index in [1.165, 1.54) is 15.4 Å². The molecule has 4 saturated heterocycles. The number of quaternary nitrogens is 2. The molecule has 5 rings (SSSR count). The first-order chi connectivity index (χ1) is 11.0. The minimum atomic E-state index is -0.172. The minimum Gasteiger partial charge on any atom is -0.297 e. The van der Waals surface area contributed by atoms with Crippen molar-refractivity contribution in [1.29, 1.82) is 0 Å². The number of halogens is 1. The number of Topliss-reactive ketones (excluding diaryl/α,β-unsaturated/α-hetero) is 1. The Morgan fingerprint density at radius 3 is 2.30 bits per heavy atom. The lowest BCUT2D eigenvalue weighted by molar-refractivity contribution is -1.18. The molecule has 0 radical (unpaired) electrons. The number of hydrogen-bond donors (Lipinski definition) is 2. The molecule has 2 atom stereocenters. The van der Waals surface area contributed by atoms with Gasteiger partial charge < -0.3 is 0 Å². The normalized spacial score (nSPS) is 41.5. The predicted octanol–water partition coefficient (Wildman–Crippen LogP) is 0.387. The molecule has 1 aromatic rings. The number of unbranched alkanes of at least 4 members (excludes halogenated alkanes) is 1. The van der Waals surface area contributed by atoms with Crippen molar-refractivity contribution in [2.45, 2.75) is 39.3 Å². The molecular formula is C19H27FN2O+2. The van der Waals surface area contributed by atoms with Crippen molar-refractivity contribution >= 4 is 5.78 Å². The van der Waals surface area contributed by atoms with Gasteiger partial charge in [-0.05, 0) is 37.6 Å². The number of piperidine rings is 2. The van der Waals surface area contributed by atoms with Crippen LogP contribution < -0.4 is 9.80 Å². The van der Waals surface area contributed by atoms with Gasteiger partial charge in [0.1, 0.15) is 29.7 Å². The Hall–Kier alpha value is -1.26. The molecule has 0 amide bonds. The molecule has 23 heavy (non-hydrogen) atoms. The van der Waals surface area contributed by atoms with Crippen LogP contribution in [-0.4, -0.2) is 32.0 Å². The van der Waals surface area contributed by atoms with Gasteiger partial charge in [-0.1, -0.05) is 19.8 Å². The molecule has 4 fully saturated rings. The van der Waals surface area contributed by atoms with E-state index in [4.69, 9.17) is 0 Å². The third kappa shape index (κ3) is 2.18. The molecule has 0 aromatic heterocycles. The second kappa shape index (κ2) is 5.12. The summed E-state index contributed by atoms with van der Waals surface area (Å²) in [5.74, 6) is 0.359. The molecule has 0 spiro atoms. The van der Waals surface area contributed by atoms with Crippen LogP contribution in [0, 0.1) is 16.6 Å². The first-order valence-corrected chi connectivity index (χ1v) is 8.97. The average molecular weight is 318 g/mol. The fraction of sp³-hybridized carbons (Fsp3) is 0.632. The van der Waals surface area contributed by atoms with Crippen LogP contribution in [0.15, 0.2) is 24.3 Å². The van der Waals surface area contributed by atoms with E-state index in [9.17, 15) is 9.18 Å². The molecule has 4 heterocycles. The van der Waals surface area contributed by atoms with E-state index in [2.05, 4.69) is 13.8 Å². The van der Waals surface area contributed by atoms with E-state index in [0.29, 0.717) is 11.9 Å². The Morgan fingerprint density at radius 2 is 1.74 bits per heavy atom. The van der Waals surface area contributed by atoms with Crippen molar-refractivity contribution in [3.05, 3.63) is 35.6 Å². The minimum absolute atomic E-state index is 0.109. The van der Waals surface area contributed by atoms with Crippen molar-refractivity contribution in [2.24, 2.45) is 10.8 Å². The lowest BCUT2D eigenvalue weighted by atomic mass is 9.59. The predicted molar refractivity (Wildman–Crippen MR) is 85.6 cm³/mol. The Kier molecular flexibility index (Phi) is 3.40. The largest absolute Gasteiger partial charge is 0.297 e. The number of benzene rings is 1. The van der Waals surface area contributed by atoms with Crippen molar-refractivity contribution in [1.82, 2.24) is 0 Å². The maximum atomic E-state index is 13.3. The summed E-state index contributed by atoms with van der Waals surface area (Å²) in [6.45, 7) is 8.18. The molecular weight excluding hydrogens is 291 g/mol. The molecule has 0 aliphatic carbocycles. The summed E-state index contributed by atoms with van der Waals surface area (Å²) in [6, 6.07) is 7.01. The highest BCUT2D eigenvalue weighted by Gasteiger charge is 2.69. The highest BCUT2D eigenvalue weighted by atomic mass is 19.1. The van der Waals surface area contributed by atoms with E-state index in [1.54, 1.807) is 12.1 Å². The molecule has 2 unspecified atom stereocenters. The Balaban J connectivity index is 1.68. The number of carbonyl (C=O) groups excluding carboxylic acids is 1. The number of ketones is 1. The monoisotopic (exact) mass is 318 g/mol. The lowest BCUT2D eigenvalue weighted by Crippen LogP contribution is -3.41. The zero-order chi connectivity index (χ0) is 16.2. The molecule has 4 aliphatic rings. The molecule has 4 bridgehead atoms. The third-order valence-electron chi connectivity index (χ3n) is 6.42. The van der Waals surface area contributed by atoms with Gasteiger partial charge in [0.05, 0.1) is 18.7 Å². The van der Waals surface area contributed by atoms with Crippen LogP contribution in [0.25, 0.3) is 0 Å². The smallest absolute Gasteiger partial charge is 0.240 e. The third-order valence-corrected chi connectivity index (χ3v) is 6.42. The van der Waals surface area contributed by atoms with Gasteiger partial charge >= 0.3 is 0 Å². The van der Waals surface area contributed by atoms with Crippen LogP contribution >= 0.6 is 0 Å². The molecule has 4 aliphatic heterocycles. The van der Waals surface area contributed by atoms with Gasteiger partial charge in [-0.3, -0.25) is 14.6 Å². The van der Waals surface area contributed by atoms with Gasteiger partial charge in [-0.15, -0.1) is 0 Å². The number of nitrogens with one attached hydrogen (secondary N) is 2. The van der Waals surface area contributed by atoms with Crippen LogP contribution in [0.5, 0.6) is 0 Å². The van der Waals surface area contributed by atoms with Crippen LogP contribution in [-0.2, 0) is 4.79 Å². The zero-order valence-corrected chi connectivity index (χ0v) is 14.1. The van der Waals surface area contributed by atoms with Gasteiger partial charge in [-0.25, -0.2) is 4.39 Å². The van der Waals surface area contributed by atoms with E-state index < -0.39 is 0 Å². The summed E-state index contributed by atoms with van der Waals surface area (Å²) in [5.41, 5.74) is 0.949. The van der Waals surface area contributed by atoms with Gasteiger partial charge in [0.15, 0.2) is 5.78 Å². The second-order valence-electron chi connectivity index (χ2n) is 8.28. The Morgan fingerprint density at radius 1 is 1.13 bits per heavy atom. The summed E-state index contributed by atoms with van der Waals surface area (Å²) < 4.78 is 13.3. The standard InChI is InChI=1S/C19H25FN2O/c1-3-4-9-19-12-21-10-18(2,17(19)23)11-22(13-19)16(21)14-5-7-15(20)8-6-14/h5-8,16H,3-4,9-13H2,1-2H3/p+2. The molecule has 2 N–H and O–H groups in total. The molecule has 4 heteroatoms. The zero-order valence-electron chi connectivity index (χ0n) is 14.1. The van der Waals surface area contributed by atoms with Crippen LogP contribution in [0.2, 0.25) is 0 Å². The van der Waals surface area contributed by atoms with E-state index in [0.717, 1.165) is 45.4 Å². The quantitative estimate of drug-likeness (QED) is 0.825. The summed E-state index contributed by atoms with van der Waals surface area (Å²) in [4.78, 5) is 16.2. The summed E-state index contributed by atoms with van der Waals surface area (Å²) in [5, 5.41) is 0. The van der Waals surface area contributed by atoms with E-state index >= 15 is 0 Å². The second-order valence-corrected chi connectivity index (χ2v) is 8.28. The first-order valence-electron chi connectivity index (χ1n) is 8.97. The van der Waals surface area contributed by atoms with Gasteiger partial charge in [0, 0.05) is 0 Å². The molecule has 124 valence electrons. The van der Waals surface area contributed by atoms with Crippen molar-refractivity contribution in [3.8, 4) is 0 Å². The fourth-order valence-corrected chi connectivity index (χ4v) is 5.71. The summed E-state index contributed by atoms with van der Waals surface area (Å²) >= 11 is 0. The van der Waals surface area contributed by atoms with Gasteiger partial charge in [0.2, 0.25) is 6.17 Å². The highest BCUT2D eigenvalue weighted by Crippen LogP contribution is 2.39.